The van der Waals surface area contributed by atoms with Crippen LogP contribution in [0, 0.1) is 5.92 Å². The molecule has 0 bridgehead atoms. The first kappa shape index (κ1) is 20.3. The van der Waals surface area contributed by atoms with Gasteiger partial charge in [-0.05, 0) is 62.1 Å². The van der Waals surface area contributed by atoms with Gasteiger partial charge in [0.15, 0.2) is 0 Å². The molecular formula is C20H23F3N4O. The van der Waals surface area contributed by atoms with E-state index in [9.17, 15) is 18.0 Å². The molecule has 1 aromatic heterocycles. The second-order valence-corrected chi connectivity index (χ2v) is 7.07. The number of piperidine rings is 1. The first-order valence-corrected chi connectivity index (χ1v) is 9.35. The Morgan fingerprint density at radius 1 is 1.18 bits per heavy atom. The number of benzene rings is 1. The highest BCUT2D eigenvalue weighted by molar-refractivity contribution is 5.90. The number of anilines is 1. The number of amides is 1. The Balaban J connectivity index is 1.43. The highest BCUT2D eigenvalue weighted by Crippen LogP contribution is 2.30. The van der Waals surface area contributed by atoms with Crippen LogP contribution in [0.2, 0.25) is 0 Å². The van der Waals surface area contributed by atoms with Crippen LogP contribution in [0.5, 0.6) is 0 Å². The van der Waals surface area contributed by atoms with Crippen LogP contribution in [-0.2, 0) is 17.5 Å². The third kappa shape index (κ3) is 6.02. The van der Waals surface area contributed by atoms with Crippen molar-refractivity contribution in [1.29, 1.82) is 0 Å². The molecule has 1 aliphatic heterocycles. The molecule has 28 heavy (non-hydrogen) atoms. The Labute approximate surface area is 162 Å². The van der Waals surface area contributed by atoms with Gasteiger partial charge in [-0.1, -0.05) is 0 Å². The van der Waals surface area contributed by atoms with Crippen LogP contribution < -0.4 is 5.32 Å². The predicted molar refractivity (Wildman–Crippen MR) is 99.3 cm³/mol. The van der Waals surface area contributed by atoms with Crippen LogP contribution in [0.1, 0.15) is 37.1 Å². The van der Waals surface area contributed by atoms with E-state index in [4.69, 9.17) is 0 Å². The Hall–Kier alpha value is -2.48. The second-order valence-electron chi connectivity index (χ2n) is 7.07. The first-order valence-electron chi connectivity index (χ1n) is 9.35. The number of aromatic nitrogens is 2. The largest absolute Gasteiger partial charge is 0.416 e. The average Bonchev–Trinajstić information content (AvgIpc) is 2.67. The summed E-state index contributed by atoms with van der Waals surface area (Å²) in [7, 11) is 0. The SMILES string of the molecule is O=C(CC[C@H]1CCCN(Cc2ncccn2)C1)Nc1ccc(C(F)(F)F)cc1. The molecule has 0 unspecified atom stereocenters. The fourth-order valence-electron chi connectivity index (χ4n) is 3.44. The van der Waals surface area contributed by atoms with Gasteiger partial charge in [0.25, 0.3) is 0 Å². The van der Waals surface area contributed by atoms with Crippen LogP contribution >= 0.6 is 0 Å². The van der Waals surface area contributed by atoms with Crippen LogP contribution in [-0.4, -0.2) is 33.9 Å². The number of nitrogens with zero attached hydrogens (tertiary/aromatic N) is 3. The second kappa shape index (κ2) is 9.14. The lowest BCUT2D eigenvalue weighted by Gasteiger charge is -2.32. The maximum atomic E-state index is 12.6. The third-order valence-corrected chi connectivity index (χ3v) is 4.86. The number of nitrogens with one attached hydrogen (secondary N) is 1. The number of hydrogen-bond acceptors (Lipinski definition) is 4. The van der Waals surface area contributed by atoms with Crippen molar-refractivity contribution in [2.24, 2.45) is 5.92 Å². The maximum Gasteiger partial charge on any atom is 0.416 e. The van der Waals surface area contributed by atoms with E-state index < -0.39 is 11.7 Å². The summed E-state index contributed by atoms with van der Waals surface area (Å²) >= 11 is 0. The van der Waals surface area contributed by atoms with Crippen LogP contribution in [0.3, 0.4) is 0 Å². The molecule has 150 valence electrons. The summed E-state index contributed by atoms with van der Waals surface area (Å²) in [6, 6.07) is 6.30. The molecular weight excluding hydrogens is 369 g/mol. The normalized spacial score (nSPS) is 18.0. The Kier molecular flexibility index (Phi) is 6.61. The Morgan fingerprint density at radius 2 is 1.89 bits per heavy atom. The van der Waals surface area contributed by atoms with Crippen molar-refractivity contribution in [3.8, 4) is 0 Å². The van der Waals surface area contributed by atoms with Gasteiger partial charge < -0.3 is 5.32 Å². The van der Waals surface area contributed by atoms with Gasteiger partial charge in [0.2, 0.25) is 5.91 Å². The number of hydrogen-bond donors (Lipinski definition) is 1. The molecule has 2 aromatic rings. The predicted octanol–water partition coefficient (Wildman–Crippen LogP) is 4.13. The zero-order valence-electron chi connectivity index (χ0n) is 15.5. The fraction of sp³-hybridized carbons (Fsp3) is 0.450. The summed E-state index contributed by atoms with van der Waals surface area (Å²) in [6.45, 7) is 2.59. The van der Waals surface area contributed by atoms with E-state index >= 15 is 0 Å². The van der Waals surface area contributed by atoms with Crippen molar-refractivity contribution < 1.29 is 18.0 Å². The number of halogens is 3. The molecule has 1 amide bonds. The lowest BCUT2D eigenvalue weighted by Crippen LogP contribution is -2.35. The van der Waals surface area contributed by atoms with E-state index in [2.05, 4.69) is 20.2 Å². The smallest absolute Gasteiger partial charge is 0.326 e. The van der Waals surface area contributed by atoms with Crippen molar-refractivity contribution in [1.82, 2.24) is 14.9 Å². The molecule has 1 aliphatic rings. The topological polar surface area (TPSA) is 58.1 Å². The van der Waals surface area contributed by atoms with E-state index in [0.717, 1.165) is 50.3 Å². The molecule has 1 saturated heterocycles. The minimum absolute atomic E-state index is 0.178. The minimum atomic E-state index is -4.37. The van der Waals surface area contributed by atoms with Gasteiger partial charge in [-0.2, -0.15) is 13.2 Å². The molecule has 0 radical (unpaired) electrons. The van der Waals surface area contributed by atoms with Crippen molar-refractivity contribution >= 4 is 11.6 Å². The molecule has 1 N–H and O–H groups in total. The molecule has 0 saturated carbocycles. The van der Waals surface area contributed by atoms with Gasteiger partial charge >= 0.3 is 6.18 Å². The number of alkyl halides is 3. The quantitative estimate of drug-likeness (QED) is 0.803. The summed E-state index contributed by atoms with van der Waals surface area (Å²) in [5.74, 6) is 1.03. The number of carbonyl (C=O) groups is 1. The van der Waals surface area contributed by atoms with E-state index in [0.29, 0.717) is 24.6 Å². The number of likely N-dealkylation sites (tertiary alicyclic amines) is 1. The van der Waals surface area contributed by atoms with Crippen molar-refractivity contribution in [2.45, 2.75) is 38.4 Å². The van der Waals surface area contributed by atoms with E-state index in [1.807, 2.05) is 0 Å². The summed E-state index contributed by atoms with van der Waals surface area (Å²) in [5, 5.41) is 2.67. The van der Waals surface area contributed by atoms with E-state index in [1.165, 1.54) is 12.1 Å². The van der Waals surface area contributed by atoms with E-state index in [-0.39, 0.29) is 5.91 Å². The maximum absolute atomic E-state index is 12.6. The highest BCUT2D eigenvalue weighted by Gasteiger charge is 2.30. The lowest BCUT2D eigenvalue weighted by atomic mass is 9.93. The molecule has 2 heterocycles. The third-order valence-electron chi connectivity index (χ3n) is 4.86. The molecule has 8 heteroatoms. The highest BCUT2D eigenvalue weighted by atomic mass is 19.4. The van der Waals surface area contributed by atoms with Gasteiger partial charge in [-0.3, -0.25) is 9.69 Å². The molecule has 0 aliphatic carbocycles. The number of rotatable bonds is 6. The van der Waals surface area contributed by atoms with Crippen LogP contribution in [0.25, 0.3) is 0 Å². The standard InChI is InChI=1S/C20H23F3N4O/c21-20(22,23)16-5-7-17(8-6-16)26-19(28)9-4-15-3-1-12-27(13-15)14-18-24-10-2-11-25-18/h2,5-8,10-11,15H,1,3-4,9,12-14H2,(H,26,28)/t15-/m1/s1. The van der Waals surface area contributed by atoms with Crippen molar-refractivity contribution in [3.63, 3.8) is 0 Å². The summed E-state index contributed by atoms with van der Waals surface area (Å²) in [4.78, 5) is 23.0. The van der Waals surface area contributed by atoms with Gasteiger partial charge in [-0.15, -0.1) is 0 Å². The Bertz CT molecular complexity index is 765. The van der Waals surface area contributed by atoms with Gasteiger partial charge in [0.1, 0.15) is 5.82 Å². The van der Waals surface area contributed by atoms with Crippen LogP contribution in [0.15, 0.2) is 42.7 Å². The Morgan fingerprint density at radius 3 is 2.57 bits per heavy atom. The molecule has 0 spiro atoms. The summed E-state index contributed by atoms with van der Waals surface area (Å²) in [5.41, 5.74) is -0.348. The van der Waals surface area contributed by atoms with Gasteiger partial charge in [0, 0.05) is 31.0 Å². The van der Waals surface area contributed by atoms with Gasteiger partial charge in [0.05, 0.1) is 12.1 Å². The minimum Gasteiger partial charge on any atom is -0.326 e. The molecule has 3 rings (SSSR count). The molecule has 5 nitrogen and oxygen atoms in total. The fourth-order valence-corrected chi connectivity index (χ4v) is 3.44. The van der Waals surface area contributed by atoms with Crippen molar-refractivity contribution in [3.05, 3.63) is 54.1 Å². The summed E-state index contributed by atoms with van der Waals surface area (Å²) < 4.78 is 37.7. The molecule has 1 aromatic carbocycles. The zero-order chi connectivity index (χ0) is 20.0. The number of carbonyl (C=O) groups excluding carboxylic acids is 1. The summed E-state index contributed by atoms with van der Waals surface area (Å²) in [6.07, 6.45) is 2.32. The van der Waals surface area contributed by atoms with E-state index in [1.54, 1.807) is 18.5 Å². The van der Waals surface area contributed by atoms with Crippen molar-refractivity contribution in [2.75, 3.05) is 18.4 Å². The molecule has 1 atom stereocenters. The molecule has 1 fully saturated rings. The average molecular weight is 392 g/mol. The lowest BCUT2D eigenvalue weighted by molar-refractivity contribution is -0.137. The zero-order valence-corrected chi connectivity index (χ0v) is 15.5. The van der Waals surface area contributed by atoms with Crippen LogP contribution in [0.4, 0.5) is 18.9 Å². The monoisotopic (exact) mass is 392 g/mol. The first-order chi connectivity index (χ1) is 13.4. The van der Waals surface area contributed by atoms with Gasteiger partial charge in [-0.25, -0.2) is 9.97 Å².